The number of carboxylic acids is 1. The van der Waals surface area contributed by atoms with Gasteiger partial charge in [0.2, 0.25) is 0 Å². The zero-order valence-electron chi connectivity index (χ0n) is 9.61. The Morgan fingerprint density at radius 3 is 2.71 bits per heavy atom. The summed E-state index contributed by atoms with van der Waals surface area (Å²) in [4.78, 5) is 13.8. The highest BCUT2D eigenvalue weighted by atomic mass is 16.5. The second-order valence-electron chi connectivity index (χ2n) is 3.64. The number of methoxy groups -OCH3 is 2. The summed E-state index contributed by atoms with van der Waals surface area (Å²) in [6, 6.07) is 3.55. The minimum atomic E-state index is -0.872. The fourth-order valence-corrected chi connectivity index (χ4v) is 1.85. The maximum Gasteiger partial charge on any atom is 0.307 e. The van der Waals surface area contributed by atoms with Gasteiger partial charge in [-0.3, -0.25) is 4.79 Å². The lowest BCUT2D eigenvalue weighted by atomic mass is 10.1. The SMILES string of the molecule is COc1cc(OC)c2c(CC(=O)O)c[nH]c2c1. The lowest BCUT2D eigenvalue weighted by Gasteiger charge is -2.07. The van der Waals surface area contributed by atoms with Crippen molar-refractivity contribution in [2.24, 2.45) is 0 Å². The smallest absolute Gasteiger partial charge is 0.307 e. The lowest BCUT2D eigenvalue weighted by Crippen LogP contribution is -1.99. The summed E-state index contributed by atoms with van der Waals surface area (Å²) < 4.78 is 10.4. The standard InChI is InChI=1S/C12H13NO4/c1-16-8-4-9-12(10(5-8)17-2)7(6-13-9)3-11(14)15/h4-6,13H,3H2,1-2H3,(H,14,15). The van der Waals surface area contributed by atoms with Gasteiger partial charge in [0, 0.05) is 23.7 Å². The number of rotatable bonds is 4. The zero-order chi connectivity index (χ0) is 12.4. The van der Waals surface area contributed by atoms with Crippen LogP contribution in [0.5, 0.6) is 11.5 Å². The summed E-state index contributed by atoms with van der Waals surface area (Å²) in [5.41, 5.74) is 1.50. The van der Waals surface area contributed by atoms with Crippen LogP contribution in [0.25, 0.3) is 10.9 Å². The average molecular weight is 235 g/mol. The molecule has 0 aliphatic heterocycles. The number of carboxylic acid groups (broad SMARTS) is 1. The molecule has 0 atom stereocenters. The van der Waals surface area contributed by atoms with Crippen molar-refractivity contribution >= 4 is 16.9 Å². The van der Waals surface area contributed by atoms with Crippen LogP contribution in [-0.4, -0.2) is 30.3 Å². The van der Waals surface area contributed by atoms with Crippen molar-refractivity contribution in [2.45, 2.75) is 6.42 Å². The van der Waals surface area contributed by atoms with Crippen molar-refractivity contribution in [3.63, 3.8) is 0 Å². The first-order valence-corrected chi connectivity index (χ1v) is 5.09. The monoisotopic (exact) mass is 235 g/mol. The maximum atomic E-state index is 10.8. The van der Waals surface area contributed by atoms with Crippen LogP contribution in [0.2, 0.25) is 0 Å². The molecule has 0 amide bonds. The van der Waals surface area contributed by atoms with Crippen molar-refractivity contribution < 1.29 is 19.4 Å². The van der Waals surface area contributed by atoms with Gasteiger partial charge in [0.25, 0.3) is 0 Å². The van der Waals surface area contributed by atoms with Crippen LogP contribution in [-0.2, 0) is 11.2 Å². The van der Waals surface area contributed by atoms with Crippen LogP contribution in [0.4, 0.5) is 0 Å². The number of aromatic amines is 1. The summed E-state index contributed by atoms with van der Waals surface area (Å²) in [5, 5.41) is 9.62. The van der Waals surface area contributed by atoms with Crippen LogP contribution in [0.3, 0.4) is 0 Å². The topological polar surface area (TPSA) is 71.6 Å². The molecule has 17 heavy (non-hydrogen) atoms. The Morgan fingerprint density at radius 1 is 1.35 bits per heavy atom. The summed E-state index contributed by atoms with van der Waals surface area (Å²) in [5.74, 6) is 0.402. The van der Waals surface area contributed by atoms with Gasteiger partial charge in [-0.25, -0.2) is 0 Å². The third kappa shape index (κ3) is 2.04. The number of hydrogen-bond acceptors (Lipinski definition) is 3. The van der Waals surface area contributed by atoms with Gasteiger partial charge in [0.15, 0.2) is 0 Å². The highest BCUT2D eigenvalue weighted by molar-refractivity contribution is 5.93. The van der Waals surface area contributed by atoms with E-state index < -0.39 is 5.97 Å². The molecule has 2 N–H and O–H groups in total. The van der Waals surface area contributed by atoms with Gasteiger partial charge in [0.05, 0.1) is 26.2 Å². The molecule has 0 saturated heterocycles. The van der Waals surface area contributed by atoms with Crippen molar-refractivity contribution in [2.75, 3.05) is 14.2 Å². The summed E-state index contributed by atoms with van der Waals surface area (Å²) >= 11 is 0. The van der Waals surface area contributed by atoms with E-state index in [9.17, 15) is 4.79 Å². The predicted molar refractivity (Wildman–Crippen MR) is 62.7 cm³/mol. The number of H-pyrrole nitrogens is 1. The van der Waals surface area contributed by atoms with Gasteiger partial charge in [-0.15, -0.1) is 0 Å². The quantitative estimate of drug-likeness (QED) is 0.847. The second-order valence-corrected chi connectivity index (χ2v) is 3.64. The Hall–Kier alpha value is -2.17. The van der Waals surface area contributed by atoms with Crippen LogP contribution in [0.1, 0.15) is 5.56 Å². The second kappa shape index (κ2) is 4.37. The third-order valence-corrected chi connectivity index (χ3v) is 2.60. The van der Waals surface area contributed by atoms with Gasteiger partial charge in [0.1, 0.15) is 11.5 Å². The highest BCUT2D eigenvalue weighted by Crippen LogP contribution is 2.33. The van der Waals surface area contributed by atoms with Gasteiger partial charge in [-0.05, 0) is 5.56 Å². The molecule has 0 saturated carbocycles. The number of fused-ring (bicyclic) bond motifs is 1. The number of carbonyl (C=O) groups is 1. The van der Waals surface area contributed by atoms with Crippen molar-refractivity contribution in [3.05, 3.63) is 23.9 Å². The first kappa shape index (κ1) is 11.3. The molecule has 2 aromatic rings. The zero-order valence-corrected chi connectivity index (χ0v) is 9.61. The summed E-state index contributed by atoms with van der Waals surface area (Å²) in [7, 11) is 3.12. The molecule has 2 rings (SSSR count). The van der Waals surface area contributed by atoms with Gasteiger partial charge < -0.3 is 19.6 Å². The molecule has 5 nitrogen and oxygen atoms in total. The molecule has 1 aromatic carbocycles. The molecule has 1 aromatic heterocycles. The van der Waals surface area contributed by atoms with Gasteiger partial charge in [-0.1, -0.05) is 0 Å². The molecule has 90 valence electrons. The maximum absolute atomic E-state index is 10.8. The molecular weight excluding hydrogens is 222 g/mol. The number of benzene rings is 1. The molecule has 1 heterocycles. The number of hydrogen-bond donors (Lipinski definition) is 2. The highest BCUT2D eigenvalue weighted by Gasteiger charge is 2.13. The summed E-state index contributed by atoms with van der Waals surface area (Å²) in [6.07, 6.45) is 1.64. The molecular formula is C12H13NO4. The van der Waals surface area contributed by atoms with E-state index >= 15 is 0 Å². The number of ether oxygens (including phenoxy) is 2. The van der Waals surface area contributed by atoms with E-state index in [2.05, 4.69) is 4.98 Å². The van der Waals surface area contributed by atoms with Gasteiger partial charge in [-0.2, -0.15) is 0 Å². The lowest BCUT2D eigenvalue weighted by molar-refractivity contribution is -0.136. The Morgan fingerprint density at radius 2 is 2.12 bits per heavy atom. The normalized spacial score (nSPS) is 10.5. The average Bonchev–Trinajstić information content (AvgIpc) is 2.70. The third-order valence-electron chi connectivity index (χ3n) is 2.60. The molecule has 0 fully saturated rings. The molecule has 0 radical (unpaired) electrons. The Bertz CT molecular complexity index is 559. The minimum absolute atomic E-state index is 0.0390. The van der Waals surface area contributed by atoms with E-state index in [0.29, 0.717) is 17.1 Å². The first-order chi connectivity index (χ1) is 8.15. The number of nitrogens with one attached hydrogen (secondary N) is 1. The van der Waals surface area contributed by atoms with Crippen LogP contribution < -0.4 is 9.47 Å². The van der Waals surface area contributed by atoms with E-state index in [4.69, 9.17) is 14.6 Å². The predicted octanol–water partition coefficient (Wildman–Crippen LogP) is 1.81. The number of aliphatic carboxylic acids is 1. The van der Waals surface area contributed by atoms with Crippen LogP contribution in [0, 0.1) is 0 Å². The Kier molecular flexibility index (Phi) is 2.91. The first-order valence-electron chi connectivity index (χ1n) is 5.09. The van der Waals surface area contributed by atoms with Crippen molar-refractivity contribution in [1.82, 2.24) is 4.98 Å². The Balaban J connectivity index is 2.61. The minimum Gasteiger partial charge on any atom is -0.497 e. The molecule has 0 unspecified atom stereocenters. The molecule has 0 aliphatic carbocycles. The fourth-order valence-electron chi connectivity index (χ4n) is 1.85. The molecule has 0 aliphatic rings. The molecule has 0 spiro atoms. The molecule has 0 bridgehead atoms. The number of aromatic nitrogens is 1. The molecule has 5 heteroatoms. The van der Waals surface area contributed by atoms with Gasteiger partial charge >= 0.3 is 5.97 Å². The fraction of sp³-hybridized carbons (Fsp3) is 0.250. The largest absolute Gasteiger partial charge is 0.497 e. The Labute approximate surface area is 98.0 Å². The van der Waals surface area contributed by atoms with Crippen molar-refractivity contribution in [1.29, 1.82) is 0 Å². The summed E-state index contributed by atoms with van der Waals surface area (Å²) in [6.45, 7) is 0. The van der Waals surface area contributed by atoms with E-state index in [1.165, 1.54) is 0 Å². The van der Waals surface area contributed by atoms with E-state index in [1.807, 2.05) is 6.07 Å². The van der Waals surface area contributed by atoms with Crippen LogP contribution >= 0.6 is 0 Å². The van der Waals surface area contributed by atoms with Crippen LogP contribution in [0.15, 0.2) is 18.3 Å². The van der Waals surface area contributed by atoms with E-state index in [1.54, 1.807) is 26.5 Å². The van der Waals surface area contributed by atoms with Crippen molar-refractivity contribution in [3.8, 4) is 11.5 Å². The van der Waals surface area contributed by atoms with E-state index in [-0.39, 0.29) is 6.42 Å². The van der Waals surface area contributed by atoms with E-state index in [0.717, 1.165) is 10.9 Å².